The van der Waals surface area contributed by atoms with Gasteiger partial charge >= 0.3 is 5.97 Å². The van der Waals surface area contributed by atoms with E-state index in [1.54, 1.807) is 12.1 Å². The van der Waals surface area contributed by atoms with Crippen LogP contribution in [0.1, 0.15) is 21.1 Å². The molecule has 1 heterocycles. The molecule has 2 aromatic rings. The first-order chi connectivity index (χ1) is 8.56. The SMILES string of the molecule is Cc1csc(COc2ccc(Cl)cc2C(=O)O)n1. The molecule has 0 radical (unpaired) electrons. The van der Waals surface area contributed by atoms with Crippen molar-refractivity contribution in [2.24, 2.45) is 0 Å². The highest BCUT2D eigenvalue weighted by molar-refractivity contribution is 7.09. The molecule has 0 saturated carbocycles. The van der Waals surface area contributed by atoms with Crippen molar-refractivity contribution in [3.8, 4) is 5.75 Å². The molecule has 0 aliphatic carbocycles. The third kappa shape index (κ3) is 3.00. The molecule has 4 nitrogen and oxygen atoms in total. The molecule has 0 saturated heterocycles. The number of hydrogen-bond acceptors (Lipinski definition) is 4. The average molecular weight is 284 g/mol. The van der Waals surface area contributed by atoms with E-state index in [9.17, 15) is 4.79 Å². The summed E-state index contributed by atoms with van der Waals surface area (Å²) in [4.78, 5) is 15.3. The fourth-order valence-corrected chi connectivity index (χ4v) is 2.26. The maximum absolute atomic E-state index is 11.0. The van der Waals surface area contributed by atoms with Crippen LogP contribution in [0.5, 0.6) is 5.75 Å². The average Bonchev–Trinajstić information content (AvgIpc) is 2.73. The van der Waals surface area contributed by atoms with E-state index in [-0.39, 0.29) is 12.2 Å². The van der Waals surface area contributed by atoms with Crippen LogP contribution < -0.4 is 4.74 Å². The lowest BCUT2D eigenvalue weighted by Gasteiger charge is -2.07. The van der Waals surface area contributed by atoms with Crippen molar-refractivity contribution < 1.29 is 14.6 Å². The number of carboxylic acids is 1. The highest BCUT2D eigenvalue weighted by Crippen LogP contribution is 2.24. The Balaban J connectivity index is 2.16. The molecule has 0 fully saturated rings. The topological polar surface area (TPSA) is 59.4 Å². The minimum absolute atomic E-state index is 0.0516. The molecular weight excluding hydrogens is 274 g/mol. The fraction of sp³-hybridized carbons (Fsp3) is 0.167. The maximum Gasteiger partial charge on any atom is 0.339 e. The quantitative estimate of drug-likeness (QED) is 0.934. The summed E-state index contributed by atoms with van der Waals surface area (Å²) in [7, 11) is 0. The molecule has 6 heteroatoms. The van der Waals surface area contributed by atoms with Gasteiger partial charge in [-0.05, 0) is 25.1 Å². The monoisotopic (exact) mass is 283 g/mol. The van der Waals surface area contributed by atoms with E-state index in [4.69, 9.17) is 21.4 Å². The number of aryl methyl sites for hydroxylation is 1. The number of nitrogens with zero attached hydrogens (tertiary/aromatic N) is 1. The number of aromatic carboxylic acids is 1. The second kappa shape index (κ2) is 5.37. The summed E-state index contributed by atoms with van der Waals surface area (Å²) in [6.45, 7) is 2.14. The second-order valence-corrected chi connectivity index (χ2v) is 5.00. The Bertz CT molecular complexity index is 582. The van der Waals surface area contributed by atoms with Crippen LogP contribution in [-0.4, -0.2) is 16.1 Å². The third-order valence-corrected chi connectivity index (χ3v) is 3.37. The van der Waals surface area contributed by atoms with Gasteiger partial charge in [-0.25, -0.2) is 9.78 Å². The number of halogens is 1. The Morgan fingerprint density at radius 1 is 1.56 bits per heavy atom. The van der Waals surface area contributed by atoms with Gasteiger partial charge in [0, 0.05) is 16.1 Å². The van der Waals surface area contributed by atoms with E-state index in [1.165, 1.54) is 17.4 Å². The summed E-state index contributed by atoms with van der Waals surface area (Å²) in [6.07, 6.45) is 0. The lowest BCUT2D eigenvalue weighted by atomic mass is 10.2. The van der Waals surface area contributed by atoms with Crippen molar-refractivity contribution in [3.05, 3.63) is 44.9 Å². The molecule has 0 spiro atoms. The van der Waals surface area contributed by atoms with Crippen LogP contribution in [0.3, 0.4) is 0 Å². The van der Waals surface area contributed by atoms with E-state index in [1.807, 2.05) is 12.3 Å². The maximum atomic E-state index is 11.0. The second-order valence-electron chi connectivity index (χ2n) is 3.62. The molecule has 94 valence electrons. The van der Waals surface area contributed by atoms with Gasteiger partial charge in [0.25, 0.3) is 0 Å². The van der Waals surface area contributed by atoms with Crippen molar-refractivity contribution in [2.45, 2.75) is 13.5 Å². The van der Waals surface area contributed by atoms with Crippen molar-refractivity contribution in [2.75, 3.05) is 0 Å². The molecule has 0 aliphatic rings. The van der Waals surface area contributed by atoms with Crippen LogP contribution >= 0.6 is 22.9 Å². The predicted molar refractivity (Wildman–Crippen MR) is 69.6 cm³/mol. The van der Waals surface area contributed by atoms with Crippen LogP contribution in [0.2, 0.25) is 5.02 Å². The van der Waals surface area contributed by atoms with Gasteiger partial charge in [-0.1, -0.05) is 11.6 Å². The number of carbonyl (C=O) groups is 1. The van der Waals surface area contributed by atoms with Crippen molar-refractivity contribution in [1.29, 1.82) is 0 Å². The zero-order valence-corrected chi connectivity index (χ0v) is 11.1. The number of thiazole rings is 1. The van der Waals surface area contributed by atoms with Gasteiger partial charge in [0.2, 0.25) is 0 Å². The van der Waals surface area contributed by atoms with Crippen molar-refractivity contribution >= 4 is 28.9 Å². The Kier molecular flexibility index (Phi) is 3.84. The van der Waals surface area contributed by atoms with E-state index >= 15 is 0 Å². The Morgan fingerprint density at radius 2 is 2.33 bits per heavy atom. The minimum atomic E-state index is -1.07. The van der Waals surface area contributed by atoms with Crippen LogP contribution in [-0.2, 0) is 6.61 Å². The summed E-state index contributed by atoms with van der Waals surface area (Å²) in [6, 6.07) is 4.51. The van der Waals surface area contributed by atoms with Crippen molar-refractivity contribution in [1.82, 2.24) is 4.98 Å². The highest BCUT2D eigenvalue weighted by atomic mass is 35.5. The summed E-state index contributed by atoms with van der Waals surface area (Å²) in [5.74, 6) is -0.775. The largest absolute Gasteiger partial charge is 0.486 e. The summed E-state index contributed by atoms with van der Waals surface area (Å²) >= 11 is 7.23. The Hall–Kier alpha value is -1.59. The molecule has 0 bridgehead atoms. The van der Waals surface area contributed by atoms with Crippen LogP contribution in [0.4, 0.5) is 0 Å². The summed E-state index contributed by atoms with van der Waals surface area (Å²) in [5, 5.41) is 12.1. The number of carboxylic acid groups (broad SMARTS) is 1. The predicted octanol–water partition coefficient (Wildman–Crippen LogP) is 3.38. The smallest absolute Gasteiger partial charge is 0.339 e. The van der Waals surface area contributed by atoms with Gasteiger partial charge in [-0.3, -0.25) is 0 Å². The fourth-order valence-electron chi connectivity index (χ4n) is 1.40. The molecule has 0 amide bonds. The molecular formula is C12H10ClNO3S. The van der Waals surface area contributed by atoms with Crippen LogP contribution in [0.15, 0.2) is 23.6 Å². The van der Waals surface area contributed by atoms with Gasteiger partial charge in [-0.15, -0.1) is 11.3 Å². The number of hydrogen-bond donors (Lipinski definition) is 1. The van der Waals surface area contributed by atoms with Crippen molar-refractivity contribution in [3.63, 3.8) is 0 Å². The van der Waals surface area contributed by atoms with Gasteiger partial charge in [0.15, 0.2) is 0 Å². The van der Waals surface area contributed by atoms with Gasteiger partial charge in [0.1, 0.15) is 22.9 Å². The molecule has 0 atom stereocenters. The summed E-state index contributed by atoms with van der Waals surface area (Å²) < 4.78 is 5.46. The summed E-state index contributed by atoms with van der Waals surface area (Å²) in [5.41, 5.74) is 0.976. The first-order valence-corrected chi connectivity index (χ1v) is 6.38. The molecule has 1 aromatic heterocycles. The molecule has 1 aromatic carbocycles. The Labute approximate surface area is 113 Å². The number of aromatic nitrogens is 1. The van der Waals surface area contributed by atoms with E-state index in [0.717, 1.165) is 10.7 Å². The molecule has 1 N–H and O–H groups in total. The van der Waals surface area contributed by atoms with Gasteiger partial charge in [-0.2, -0.15) is 0 Å². The minimum Gasteiger partial charge on any atom is -0.486 e. The molecule has 2 rings (SSSR count). The van der Waals surface area contributed by atoms with Gasteiger partial charge < -0.3 is 9.84 Å². The van der Waals surface area contributed by atoms with E-state index in [0.29, 0.717) is 10.8 Å². The van der Waals surface area contributed by atoms with E-state index in [2.05, 4.69) is 4.98 Å². The first-order valence-electron chi connectivity index (χ1n) is 5.13. The lowest BCUT2D eigenvalue weighted by molar-refractivity contribution is 0.0691. The third-order valence-electron chi connectivity index (χ3n) is 2.19. The lowest BCUT2D eigenvalue weighted by Crippen LogP contribution is -2.03. The van der Waals surface area contributed by atoms with Gasteiger partial charge in [0.05, 0.1) is 0 Å². The molecule has 0 aliphatic heterocycles. The molecule has 18 heavy (non-hydrogen) atoms. The molecule has 0 unspecified atom stereocenters. The number of benzene rings is 1. The zero-order valence-electron chi connectivity index (χ0n) is 9.51. The Morgan fingerprint density at radius 3 is 2.94 bits per heavy atom. The number of ether oxygens (including phenoxy) is 1. The van der Waals surface area contributed by atoms with E-state index < -0.39 is 5.97 Å². The zero-order chi connectivity index (χ0) is 13.1. The standard InChI is InChI=1S/C12H10ClNO3S/c1-7-6-18-11(14-7)5-17-10-3-2-8(13)4-9(10)12(15)16/h2-4,6H,5H2,1H3,(H,15,16). The van der Waals surface area contributed by atoms with Crippen LogP contribution in [0.25, 0.3) is 0 Å². The number of rotatable bonds is 4. The van der Waals surface area contributed by atoms with Crippen LogP contribution in [0, 0.1) is 6.92 Å². The first kappa shape index (κ1) is 12.9. The normalized spacial score (nSPS) is 10.3. The highest BCUT2D eigenvalue weighted by Gasteiger charge is 2.12.